The lowest BCUT2D eigenvalue weighted by Crippen LogP contribution is -2.47. The van der Waals surface area contributed by atoms with E-state index in [-0.39, 0.29) is 17.9 Å². The van der Waals surface area contributed by atoms with Crippen LogP contribution in [0, 0.1) is 5.92 Å². The van der Waals surface area contributed by atoms with Crippen LogP contribution >= 0.6 is 0 Å². The van der Waals surface area contributed by atoms with Crippen LogP contribution in [0.4, 0.5) is 4.79 Å². The molecule has 2 amide bonds. The maximum absolute atomic E-state index is 11.8. The summed E-state index contributed by atoms with van der Waals surface area (Å²) in [6.07, 6.45) is 1.31. The summed E-state index contributed by atoms with van der Waals surface area (Å²) < 4.78 is 0. The smallest absolute Gasteiger partial charge is 0.404 e. The molecule has 1 heterocycles. The van der Waals surface area contributed by atoms with Crippen molar-refractivity contribution in [2.24, 2.45) is 5.92 Å². The van der Waals surface area contributed by atoms with Gasteiger partial charge in [-0.25, -0.2) is 4.79 Å². The van der Waals surface area contributed by atoms with E-state index < -0.39 is 6.09 Å². The van der Waals surface area contributed by atoms with Crippen molar-refractivity contribution < 1.29 is 14.7 Å². The quantitative estimate of drug-likeness (QED) is 0.764. The van der Waals surface area contributed by atoms with Gasteiger partial charge in [0.1, 0.15) is 0 Å². The molecule has 1 aliphatic heterocycles. The SMILES string of the molecule is CCC(C)C(=O)N1CCC(NC(=O)O)CC1. The van der Waals surface area contributed by atoms with Crippen molar-refractivity contribution >= 4 is 12.0 Å². The molecule has 1 unspecified atom stereocenters. The van der Waals surface area contributed by atoms with Gasteiger partial charge in [-0.3, -0.25) is 4.79 Å². The Labute approximate surface area is 95.8 Å². The summed E-state index contributed by atoms with van der Waals surface area (Å²) in [7, 11) is 0. The van der Waals surface area contributed by atoms with Gasteiger partial charge in [-0.15, -0.1) is 0 Å². The van der Waals surface area contributed by atoms with Crippen molar-refractivity contribution in [3.8, 4) is 0 Å². The van der Waals surface area contributed by atoms with Gasteiger partial charge < -0.3 is 15.3 Å². The summed E-state index contributed by atoms with van der Waals surface area (Å²) in [5, 5.41) is 11.0. The summed E-state index contributed by atoms with van der Waals surface area (Å²) >= 11 is 0. The number of rotatable bonds is 3. The number of piperidine rings is 1. The number of carbonyl (C=O) groups excluding carboxylic acids is 1. The molecule has 92 valence electrons. The minimum Gasteiger partial charge on any atom is -0.465 e. The molecule has 1 atom stereocenters. The molecule has 1 fully saturated rings. The highest BCUT2D eigenvalue weighted by Crippen LogP contribution is 2.14. The van der Waals surface area contributed by atoms with Crippen LogP contribution in [0.3, 0.4) is 0 Å². The Balaban J connectivity index is 2.37. The van der Waals surface area contributed by atoms with Crippen LogP contribution in [0.1, 0.15) is 33.1 Å². The van der Waals surface area contributed by atoms with E-state index in [2.05, 4.69) is 5.32 Å². The van der Waals surface area contributed by atoms with Gasteiger partial charge in [0.25, 0.3) is 0 Å². The van der Waals surface area contributed by atoms with Crippen molar-refractivity contribution in [2.45, 2.75) is 39.2 Å². The van der Waals surface area contributed by atoms with Crippen LogP contribution in [0.5, 0.6) is 0 Å². The second kappa shape index (κ2) is 5.72. The number of hydrogen-bond acceptors (Lipinski definition) is 2. The first-order valence-corrected chi connectivity index (χ1v) is 5.82. The number of hydrogen-bond donors (Lipinski definition) is 2. The van der Waals surface area contributed by atoms with Crippen LogP contribution in [0.25, 0.3) is 0 Å². The van der Waals surface area contributed by atoms with Crippen molar-refractivity contribution in [1.29, 1.82) is 0 Å². The van der Waals surface area contributed by atoms with Gasteiger partial charge >= 0.3 is 6.09 Å². The van der Waals surface area contributed by atoms with E-state index in [0.717, 1.165) is 6.42 Å². The predicted molar refractivity (Wildman–Crippen MR) is 60.2 cm³/mol. The maximum atomic E-state index is 11.8. The van der Waals surface area contributed by atoms with Gasteiger partial charge in [0.2, 0.25) is 5.91 Å². The van der Waals surface area contributed by atoms with E-state index in [9.17, 15) is 9.59 Å². The van der Waals surface area contributed by atoms with Crippen molar-refractivity contribution in [1.82, 2.24) is 10.2 Å². The van der Waals surface area contributed by atoms with Crippen LogP contribution in [0.2, 0.25) is 0 Å². The fourth-order valence-electron chi connectivity index (χ4n) is 1.91. The van der Waals surface area contributed by atoms with Crippen molar-refractivity contribution in [3.05, 3.63) is 0 Å². The van der Waals surface area contributed by atoms with Crippen LogP contribution in [0.15, 0.2) is 0 Å². The van der Waals surface area contributed by atoms with Gasteiger partial charge in [-0.1, -0.05) is 13.8 Å². The fourth-order valence-corrected chi connectivity index (χ4v) is 1.91. The van der Waals surface area contributed by atoms with Crippen LogP contribution < -0.4 is 5.32 Å². The van der Waals surface area contributed by atoms with E-state index in [1.165, 1.54) is 0 Å². The lowest BCUT2D eigenvalue weighted by atomic mass is 10.0. The Morgan fingerprint density at radius 2 is 2.00 bits per heavy atom. The van der Waals surface area contributed by atoms with Crippen LogP contribution in [-0.4, -0.2) is 41.1 Å². The average Bonchev–Trinajstić information content (AvgIpc) is 2.27. The molecule has 5 heteroatoms. The van der Waals surface area contributed by atoms with Gasteiger partial charge in [0.15, 0.2) is 0 Å². The van der Waals surface area contributed by atoms with E-state index in [4.69, 9.17) is 5.11 Å². The number of nitrogens with one attached hydrogen (secondary N) is 1. The Bertz CT molecular complexity index is 260. The van der Waals surface area contributed by atoms with E-state index in [1.807, 2.05) is 18.7 Å². The zero-order valence-corrected chi connectivity index (χ0v) is 9.90. The molecule has 0 saturated carbocycles. The monoisotopic (exact) mass is 228 g/mol. The molecule has 16 heavy (non-hydrogen) atoms. The Kier molecular flexibility index (Phi) is 4.58. The zero-order chi connectivity index (χ0) is 12.1. The van der Waals surface area contributed by atoms with Gasteiger partial charge in [0, 0.05) is 25.0 Å². The average molecular weight is 228 g/mol. The Morgan fingerprint density at radius 3 is 2.44 bits per heavy atom. The predicted octanol–water partition coefficient (Wildman–Crippen LogP) is 1.29. The third kappa shape index (κ3) is 3.40. The van der Waals surface area contributed by atoms with E-state index in [0.29, 0.717) is 25.9 Å². The molecule has 0 bridgehead atoms. The maximum Gasteiger partial charge on any atom is 0.404 e. The first-order chi connectivity index (χ1) is 7.54. The molecule has 0 aromatic carbocycles. The zero-order valence-electron chi connectivity index (χ0n) is 9.90. The number of nitrogens with zero attached hydrogens (tertiary/aromatic N) is 1. The van der Waals surface area contributed by atoms with Gasteiger partial charge in [-0.05, 0) is 19.3 Å². The second-order valence-electron chi connectivity index (χ2n) is 4.36. The molecule has 1 rings (SSSR count). The topological polar surface area (TPSA) is 69.6 Å². The Morgan fingerprint density at radius 1 is 1.44 bits per heavy atom. The molecular weight excluding hydrogens is 208 g/mol. The number of amides is 2. The van der Waals surface area contributed by atoms with Gasteiger partial charge in [0.05, 0.1) is 0 Å². The fraction of sp³-hybridized carbons (Fsp3) is 0.818. The summed E-state index contributed by atoms with van der Waals surface area (Å²) in [6, 6.07) is -0.00140. The minimum atomic E-state index is -0.980. The Hall–Kier alpha value is -1.26. The molecule has 0 aromatic heterocycles. The number of carboxylic acid groups (broad SMARTS) is 1. The minimum absolute atomic E-state index is 0.00140. The third-order valence-corrected chi connectivity index (χ3v) is 3.17. The third-order valence-electron chi connectivity index (χ3n) is 3.17. The number of carbonyl (C=O) groups is 2. The highest BCUT2D eigenvalue weighted by molar-refractivity contribution is 5.78. The molecule has 0 spiro atoms. The first-order valence-electron chi connectivity index (χ1n) is 5.82. The molecular formula is C11H20N2O3. The molecule has 5 nitrogen and oxygen atoms in total. The second-order valence-corrected chi connectivity index (χ2v) is 4.36. The summed E-state index contributed by atoms with van der Waals surface area (Å²) in [5.41, 5.74) is 0. The highest BCUT2D eigenvalue weighted by atomic mass is 16.4. The lowest BCUT2D eigenvalue weighted by molar-refractivity contribution is -0.136. The summed E-state index contributed by atoms with van der Waals surface area (Å²) in [5.74, 6) is 0.264. The standard InChI is InChI=1S/C11H20N2O3/c1-3-8(2)10(14)13-6-4-9(5-7-13)12-11(15)16/h8-9,12H,3-7H2,1-2H3,(H,15,16). The largest absolute Gasteiger partial charge is 0.465 e. The van der Waals surface area contributed by atoms with Crippen molar-refractivity contribution in [2.75, 3.05) is 13.1 Å². The molecule has 0 aliphatic carbocycles. The van der Waals surface area contributed by atoms with E-state index in [1.54, 1.807) is 0 Å². The molecule has 2 N–H and O–H groups in total. The molecule has 1 saturated heterocycles. The first kappa shape index (κ1) is 12.8. The molecule has 0 aromatic rings. The highest BCUT2D eigenvalue weighted by Gasteiger charge is 2.25. The molecule has 0 radical (unpaired) electrons. The number of likely N-dealkylation sites (tertiary alicyclic amines) is 1. The van der Waals surface area contributed by atoms with E-state index >= 15 is 0 Å². The lowest BCUT2D eigenvalue weighted by Gasteiger charge is -2.33. The summed E-state index contributed by atoms with van der Waals surface area (Å²) in [4.78, 5) is 24.1. The normalized spacial score (nSPS) is 19.2. The van der Waals surface area contributed by atoms with Crippen molar-refractivity contribution in [3.63, 3.8) is 0 Å². The molecule has 1 aliphatic rings. The van der Waals surface area contributed by atoms with Gasteiger partial charge in [-0.2, -0.15) is 0 Å². The summed E-state index contributed by atoms with van der Waals surface area (Å²) in [6.45, 7) is 5.26. The van der Waals surface area contributed by atoms with Crippen LogP contribution in [-0.2, 0) is 4.79 Å².